The molecule has 1 aliphatic rings. The number of amides is 4. The molecule has 1 aromatic carbocycles. The highest BCUT2D eigenvalue weighted by atomic mass is 16.2. The van der Waals surface area contributed by atoms with Crippen LogP contribution in [0.3, 0.4) is 0 Å². The molecule has 1 atom stereocenters. The summed E-state index contributed by atoms with van der Waals surface area (Å²) in [6, 6.07) is 8.56. The molecule has 1 unspecified atom stereocenters. The number of likely N-dealkylation sites (N-methyl/N-ethyl adjacent to an activating group) is 1. The number of nitrogens with zero attached hydrogens (tertiary/aromatic N) is 1. The molecular weight excluding hydrogens is 258 g/mol. The maximum Gasteiger partial charge on any atom is 0.322 e. The molecule has 0 aliphatic carbocycles. The van der Waals surface area contributed by atoms with Crippen LogP contribution in [0.25, 0.3) is 0 Å². The van der Waals surface area contributed by atoms with Crippen molar-refractivity contribution in [1.29, 1.82) is 0 Å². The van der Waals surface area contributed by atoms with Crippen molar-refractivity contribution in [3.8, 4) is 0 Å². The van der Waals surface area contributed by atoms with E-state index in [0.717, 1.165) is 12.0 Å². The standard InChI is InChI=1S/C14H17N3O3/c1-17(8-7-10-5-3-2-4-6-10)12(18)9-11-13(19)16-14(20)15-11/h2-6,11H,7-9H2,1H3,(H2,15,16,19,20). The summed E-state index contributed by atoms with van der Waals surface area (Å²) in [6.07, 6.45) is 0.745. The van der Waals surface area contributed by atoms with Crippen LogP contribution in [0.2, 0.25) is 0 Å². The average Bonchev–Trinajstić information content (AvgIpc) is 2.75. The van der Waals surface area contributed by atoms with Gasteiger partial charge in [0, 0.05) is 13.6 Å². The van der Waals surface area contributed by atoms with Crippen molar-refractivity contribution in [2.45, 2.75) is 18.9 Å². The topological polar surface area (TPSA) is 78.5 Å². The number of carbonyl (C=O) groups is 3. The number of nitrogens with one attached hydrogen (secondary N) is 2. The molecule has 1 saturated heterocycles. The van der Waals surface area contributed by atoms with Gasteiger partial charge in [0.15, 0.2) is 0 Å². The van der Waals surface area contributed by atoms with Crippen LogP contribution in [-0.4, -0.2) is 42.4 Å². The lowest BCUT2D eigenvalue weighted by Crippen LogP contribution is -2.37. The third-order valence-electron chi connectivity index (χ3n) is 3.24. The minimum Gasteiger partial charge on any atom is -0.345 e. The Bertz CT molecular complexity index is 516. The molecule has 20 heavy (non-hydrogen) atoms. The van der Waals surface area contributed by atoms with Gasteiger partial charge in [-0.25, -0.2) is 4.79 Å². The van der Waals surface area contributed by atoms with Gasteiger partial charge in [0.05, 0.1) is 6.42 Å². The fourth-order valence-electron chi connectivity index (χ4n) is 2.00. The van der Waals surface area contributed by atoms with Gasteiger partial charge in [-0.15, -0.1) is 0 Å². The van der Waals surface area contributed by atoms with Crippen molar-refractivity contribution in [2.75, 3.05) is 13.6 Å². The maximum absolute atomic E-state index is 12.0. The number of hydrogen-bond donors (Lipinski definition) is 2. The molecule has 4 amide bonds. The summed E-state index contributed by atoms with van der Waals surface area (Å²) in [5.74, 6) is -0.608. The van der Waals surface area contributed by atoms with E-state index >= 15 is 0 Å². The zero-order valence-electron chi connectivity index (χ0n) is 11.3. The summed E-state index contributed by atoms with van der Waals surface area (Å²) >= 11 is 0. The second-order valence-corrected chi connectivity index (χ2v) is 4.77. The molecule has 1 heterocycles. The molecule has 106 valence electrons. The lowest BCUT2D eigenvalue weighted by atomic mass is 10.1. The molecular formula is C14H17N3O3. The highest BCUT2D eigenvalue weighted by molar-refractivity contribution is 6.05. The highest BCUT2D eigenvalue weighted by Crippen LogP contribution is 2.04. The van der Waals surface area contributed by atoms with Crippen LogP contribution in [0.5, 0.6) is 0 Å². The van der Waals surface area contributed by atoms with E-state index < -0.39 is 18.0 Å². The van der Waals surface area contributed by atoms with Gasteiger partial charge in [-0.1, -0.05) is 30.3 Å². The Labute approximate surface area is 117 Å². The molecule has 0 radical (unpaired) electrons. The third kappa shape index (κ3) is 3.57. The number of urea groups is 1. The van der Waals surface area contributed by atoms with Crippen molar-refractivity contribution >= 4 is 17.8 Å². The SMILES string of the molecule is CN(CCc1ccccc1)C(=O)CC1NC(=O)NC1=O. The van der Waals surface area contributed by atoms with Crippen LogP contribution >= 0.6 is 0 Å². The van der Waals surface area contributed by atoms with Crippen LogP contribution in [0.4, 0.5) is 4.79 Å². The Hall–Kier alpha value is -2.37. The van der Waals surface area contributed by atoms with Gasteiger partial charge in [-0.2, -0.15) is 0 Å². The number of carbonyl (C=O) groups excluding carboxylic acids is 3. The van der Waals surface area contributed by atoms with E-state index in [1.165, 1.54) is 0 Å². The van der Waals surface area contributed by atoms with E-state index in [1.54, 1.807) is 11.9 Å². The second kappa shape index (κ2) is 6.18. The van der Waals surface area contributed by atoms with E-state index in [0.29, 0.717) is 6.54 Å². The van der Waals surface area contributed by atoms with Crippen molar-refractivity contribution in [3.05, 3.63) is 35.9 Å². The Morgan fingerprint density at radius 1 is 1.25 bits per heavy atom. The van der Waals surface area contributed by atoms with Gasteiger partial charge in [-0.05, 0) is 12.0 Å². The van der Waals surface area contributed by atoms with Crippen LogP contribution in [0, 0.1) is 0 Å². The second-order valence-electron chi connectivity index (χ2n) is 4.77. The molecule has 6 heteroatoms. The molecule has 0 bridgehead atoms. The van der Waals surface area contributed by atoms with Gasteiger partial charge < -0.3 is 10.2 Å². The van der Waals surface area contributed by atoms with E-state index in [4.69, 9.17) is 0 Å². The number of imide groups is 1. The summed E-state index contributed by atoms with van der Waals surface area (Å²) in [5, 5.41) is 4.53. The first-order valence-corrected chi connectivity index (χ1v) is 6.45. The summed E-state index contributed by atoms with van der Waals surface area (Å²) in [4.78, 5) is 35.9. The van der Waals surface area contributed by atoms with Gasteiger partial charge in [0.1, 0.15) is 6.04 Å². The summed E-state index contributed by atoms with van der Waals surface area (Å²) in [7, 11) is 1.69. The Kier molecular flexibility index (Phi) is 4.34. The van der Waals surface area contributed by atoms with Crippen molar-refractivity contribution in [1.82, 2.24) is 15.5 Å². The first kappa shape index (κ1) is 14.0. The smallest absolute Gasteiger partial charge is 0.322 e. The first-order chi connectivity index (χ1) is 9.56. The summed E-state index contributed by atoms with van der Waals surface area (Å²) in [6.45, 7) is 0.575. The van der Waals surface area contributed by atoms with Gasteiger partial charge in [0.25, 0.3) is 5.91 Å². The fourth-order valence-corrected chi connectivity index (χ4v) is 2.00. The van der Waals surface area contributed by atoms with Gasteiger partial charge in [-0.3, -0.25) is 14.9 Å². The lowest BCUT2D eigenvalue weighted by Gasteiger charge is -2.18. The quantitative estimate of drug-likeness (QED) is 0.758. The number of benzene rings is 1. The molecule has 0 spiro atoms. The average molecular weight is 275 g/mol. The fraction of sp³-hybridized carbons (Fsp3) is 0.357. The van der Waals surface area contributed by atoms with Crippen LogP contribution < -0.4 is 10.6 Å². The summed E-state index contributed by atoms with van der Waals surface area (Å²) in [5.41, 5.74) is 1.15. The Morgan fingerprint density at radius 2 is 1.95 bits per heavy atom. The van der Waals surface area contributed by atoms with E-state index in [9.17, 15) is 14.4 Å². The molecule has 2 rings (SSSR count). The number of hydrogen-bond acceptors (Lipinski definition) is 3. The monoisotopic (exact) mass is 275 g/mol. The molecule has 1 aliphatic heterocycles. The molecule has 0 saturated carbocycles. The number of rotatable bonds is 5. The van der Waals surface area contributed by atoms with Crippen LogP contribution in [0.15, 0.2) is 30.3 Å². The van der Waals surface area contributed by atoms with Gasteiger partial charge in [0.2, 0.25) is 5.91 Å². The van der Waals surface area contributed by atoms with Crippen molar-refractivity contribution in [3.63, 3.8) is 0 Å². The highest BCUT2D eigenvalue weighted by Gasteiger charge is 2.31. The van der Waals surface area contributed by atoms with E-state index in [1.807, 2.05) is 30.3 Å². The largest absolute Gasteiger partial charge is 0.345 e. The molecule has 1 fully saturated rings. The van der Waals surface area contributed by atoms with E-state index in [2.05, 4.69) is 10.6 Å². The Balaban J connectivity index is 1.80. The summed E-state index contributed by atoms with van der Waals surface area (Å²) < 4.78 is 0. The van der Waals surface area contributed by atoms with Crippen LogP contribution in [-0.2, 0) is 16.0 Å². The zero-order valence-corrected chi connectivity index (χ0v) is 11.3. The maximum atomic E-state index is 12.0. The van der Waals surface area contributed by atoms with Crippen molar-refractivity contribution < 1.29 is 14.4 Å². The molecule has 0 aromatic heterocycles. The molecule has 6 nitrogen and oxygen atoms in total. The first-order valence-electron chi connectivity index (χ1n) is 6.45. The Morgan fingerprint density at radius 3 is 2.55 bits per heavy atom. The minimum atomic E-state index is -0.755. The third-order valence-corrected chi connectivity index (χ3v) is 3.24. The van der Waals surface area contributed by atoms with Crippen LogP contribution in [0.1, 0.15) is 12.0 Å². The predicted molar refractivity (Wildman–Crippen MR) is 72.9 cm³/mol. The van der Waals surface area contributed by atoms with E-state index in [-0.39, 0.29) is 12.3 Å². The predicted octanol–water partition coefficient (Wildman–Crippen LogP) is 0.286. The lowest BCUT2D eigenvalue weighted by molar-refractivity contribution is -0.132. The molecule has 1 aromatic rings. The molecule has 2 N–H and O–H groups in total. The van der Waals surface area contributed by atoms with Gasteiger partial charge >= 0.3 is 6.03 Å². The minimum absolute atomic E-state index is 0.0110. The zero-order chi connectivity index (χ0) is 14.5. The normalized spacial score (nSPS) is 17.6. The van der Waals surface area contributed by atoms with Crippen molar-refractivity contribution in [2.24, 2.45) is 0 Å².